The monoisotopic (exact) mass is 202 g/mol. The maximum absolute atomic E-state index is 11.0. The molecule has 0 spiro atoms. The van der Waals surface area contributed by atoms with Crippen molar-refractivity contribution in [3.8, 4) is 0 Å². The molecule has 0 aliphatic rings. The first-order valence-corrected chi connectivity index (χ1v) is 4.71. The van der Waals surface area contributed by atoms with Crippen LogP contribution in [0.4, 0.5) is 0 Å². The maximum Gasteiger partial charge on any atom is 0.337 e. The minimum Gasteiger partial charge on any atom is -0.465 e. The Kier molecular flexibility index (Phi) is 4.35. The molecule has 2 nitrogen and oxygen atoms in total. The van der Waals surface area contributed by atoms with Gasteiger partial charge in [-0.05, 0) is 12.0 Å². The average molecular weight is 202 g/mol. The zero-order valence-electron chi connectivity index (χ0n) is 8.77. The van der Waals surface area contributed by atoms with Crippen LogP contribution in [0.3, 0.4) is 0 Å². The molecule has 2 heteroatoms. The molecule has 1 aromatic carbocycles. The highest BCUT2D eigenvalue weighted by molar-refractivity contribution is 5.90. The van der Waals surface area contributed by atoms with E-state index < -0.39 is 0 Å². The standard InChI is InChI=1S/C13H14O2/c1-11(13(14)15-2)7-6-10-12-8-4-3-5-9-12/h3-9H,1,10H2,2H3/b7-6-. The summed E-state index contributed by atoms with van der Waals surface area (Å²) in [5.41, 5.74) is 1.57. The Bertz CT molecular complexity index is 363. The fraction of sp³-hybridized carbons (Fsp3) is 0.154. The van der Waals surface area contributed by atoms with E-state index >= 15 is 0 Å². The quantitative estimate of drug-likeness (QED) is 0.426. The summed E-state index contributed by atoms with van der Waals surface area (Å²) in [6.45, 7) is 3.60. The van der Waals surface area contributed by atoms with Crippen molar-refractivity contribution in [3.05, 3.63) is 60.2 Å². The molecule has 0 heterocycles. The van der Waals surface area contributed by atoms with Crippen LogP contribution in [0.15, 0.2) is 54.6 Å². The van der Waals surface area contributed by atoms with E-state index in [9.17, 15) is 4.79 Å². The van der Waals surface area contributed by atoms with Gasteiger partial charge >= 0.3 is 5.97 Å². The van der Waals surface area contributed by atoms with Crippen LogP contribution in [0.1, 0.15) is 5.56 Å². The van der Waals surface area contributed by atoms with Crippen LogP contribution in [-0.2, 0) is 16.0 Å². The zero-order chi connectivity index (χ0) is 11.1. The van der Waals surface area contributed by atoms with Crippen molar-refractivity contribution in [1.82, 2.24) is 0 Å². The molecule has 0 unspecified atom stereocenters. The maximum atomic E-state index is 11.0. The second kappa shape index (κ2) is 5.81. The summed E-state index contributed by atoms with van der Waals surface area (Å²) in [5.74, 6) is -0.390. The van der Waals surface area contributed by atoms with Gasteiger partial charge in [-0.1, -0.05) is 49.1 Å². The number of benzene rings is 1. The Labute approximate surface area is 89.9 Å². The molecule has 0 N–H and O–H groups in total. The lowest BCUT2D eigenvalue weighted by molar-refractivity contribution is -0.135. The summed E-state index contributed by atoms with van der Waals surface area (Å²) < 4.78 is 4.53. The molecule has 0 aliphatic heterocycles. The molecule has 0 radical (unpaired) electrons. The number of carbonyl (C=O) groups excluding carboxylic acids is 1. The van der Waals surface area contributed by atoms with Crippen LogP contribution in [-0.4, -0.2) is 13.1 Å². The Morgan fingerprint density at radius 1 is 1.40 bits per heavy atom. The third-order valence-corrected chi connectivity index (χ3v) is 1.96. The number of hydrogen-bond acceptors (Lipinski definition) is 2. The van der Waals surface area contributed by atoms with Crippen molar-refractivity contribution in [2.45, 2.75) is 6.42 Å². The number of allylic oxidation sites excluding steroid dienone is 1. The van der Waals surface area contributed by atoms with Gasteiger partial charge in [-0.25, -0.2) is 4.79 Å². The fourth-order valence-corrected chi connectivity index (χ4v) is 1.15. The minimum absolute atomic E-state index is 0.369. The summed E-state index contributed by atoms with van der Waals surface area (Å²) in [6.07, 6.45) is 4.37. The van der Waals surface area contributed by atoms with Gasteiger partial charge < -0.3 is 4.74 Å². The second-order valence-corrected chi connectivity index (χ2v) is 3.11. The van der Waals surface area contributed by atoms with Gasteiger partial charge in [0.15, 0.2) is 0 Å². The summed E-state index contributed by atoms with van der Waals surface area (Å²) in [5, 5.41) is 0. The predicted molar refractivity (Wildman–Crippen MR) is 60.4 cm³/mol. The Morgan fingerprint density at radius 3 is 2.67 bits per heavy atom. The lowest BCUT2D eigenvalue weighted by Gasteiger charge is -1.97. The third kappa shape index (κ3) is 3.81. The lowest BCUT2D eigenvalue weighted by atomic mass is 10.1. The summed E-state index contributed by atoms with van der Waals surface area (Å²) in [6, 6.07) is 10.0. The topological polar surface area (TPSA) is 26.3 Å². The Hall–Kier alpha value is -1.83. The normalized spacial score (nSPS) is 10.2. The largest absolute Gasteiger partial charge is 0.465 e. The number of hydrogen-bond donors (Lipinski definition) is 0. The summed E-state index contributed by atoms with van der Waals surface area (Å²) in [7, 11) is 1.35. The van der Waals surface area contributed by atoms with Crippen LogP contribution < -0.4 is 0 Å². The average Bonchev–Trinajstić information content (AvgIpc) is 2.29. The molecule has 0 amide bonds. The molecule has 0 aromatic heterocycles. The van der Waals surface area contributed by atoms with Crippen LogP contribution in [0, 0.1) is 0 Å². The van der Waals surface area contributed by atoms with E-state index in [-0.39, 0.29) is 5.97 Å². The molecular formula is C13H14O2. The van der Waals surface area contributed by atoms with Gasteiger partial charge in [0.1, 0.15) is 0 Å². The molecule has 0 aliphatic carbocycles. The van der Waals surface area contributed by atoms with E-state index in [1.807, 2.05) is 36.4 Å². The van der Waals surface area contributed by atoms with Crippen molar-refractivity contribution in [2.24, 2.45) is 0 Å². The summed E-state index contributed by atoms with van der Waals surface area (Å²) in [4.78, 5) is 11.0. The third-order valence-electron chi connectivity index (χ3n) is 1.96. The van der Waals surface area contributed by atoms with E-state index in [1.165, 1.54) is 12.7 Å². The SMILES string of the molecule is C=C(/C=C\Cc1ccccc1)C(=O)OC. The molecule has 1 aromatic rings. The van der Waals surface area contributed by atoms with Crippen molar-refractivity contribution in [1.29, 1.82) is 0 Å². The second-order valence-electron chi connectivity index (χ2n) is 3.11. The molecule has 0 atom stereocenters. The van der Waals surface area contributed by atoms with Gasteiger partial charge in [0, 0.05) is 0 Å². The molecule has 0 bridgehead atoms. The van der Waals surface area contributed by atoms with Crippen molar-refractivity contribution in [2.75, 3.05) is 7.11 Å². The van der Waals surface area contributed by atoms with E-state index in [4.69, 9.17) is 0 Å². The molecule has 0 saturated carbocycles. The van der Waals surface area contributed by atoms with E-state index in [1.54, 1.807) is 6.08 Å². The molecule has 78 valence electrons. The van der Waals surface area contributed by atoms with E-state index in [0.717, 1.165) is 6.42 Å². The number of esters is 1. The van der Waals surface area contributed by atoms with Crippen molar-refractivity contribution >= 4 is 5.97 Å². The predicted octanol–water partition coefficient (Wildman–Crippen LogP) is 2.51. The molecule has 0 saturated heterocycles. The smallest absolute Gasteiger partial charge is 0.337 e. The molecule has 15 heavy (non-hydrogen) atoms. The summed E-state index contributed by atoms with van der Waals surface area (Å²) >= 11 is 0. The lowest BCUT2D eigenvalue weighted by Crippen LogP contribution is -2.00. The Balaban J connectivity index is 2.47. The van der Waals surface area contributed by atoms with Crippen molar-refractivity contribution in [3.63, 3.8) is 0 Å². The first kappa shape index (κ1) is 11.2. The highest BCUT2D eigenvalue weighted by Crippen LogP contribution is 2.02. The van der Waals surface area contributed by atoms with Crippen LogP contribution in [0.5, 0.6) is 0 Å². The molecule has 0 fully saturated rings. The number of rotatable bonds is 4. The van der Waals surface area contributed by atoms with Gasteiger partial charge in [-0.15, -0.1) is 0 Å². The molecule has 1 rings (SSSR count). The zero-order valence-corrected chi connectivity index (χ0v) is 8.77. The van der Waals surface area contributed by atoms with Crippen LogP contribution >= 0.6 is 0 Å². The van der Waals surface area contributed by atoms with Gasteiger partial charge in [0.05, 0.1) is 12.7 Å². The van der Waals surface area contributed by atoms with E-state index in [0.29, 0.717) is 5.57 Å². The molecular weight excluding hydrogens is 188 g/mol. The number of ether oxygens (including phenoxy) is 1. The van der Waals surface area contributed by atoms with Crippen LogP contribution in [0.25, 0.3) is 0 Å². The van der Waals surface area contributed by atoms with Crippen LogP contribution in [0.2, 0.25) is 0 Å². The minimum atomic E-state index is -0.390. The fourth-order valence-electron chi connectivity index (χ4n) is 1.15. The van der Waals surface area contributed by atoms with Gasteiger partial charge in [0.25, 0.3) is 0 Å². The number of carbonyl (C=O) groups is 1. The van der Waals surface area contributed by atoms with E-state index in [2.05, 4.69) is 11.3 Å². The number of methoxy groups -OCH3 is 1. The van der Waals surface area contributed by atoms with Gasteiger partial charge in [-0.2, -0.15) is 0 Å². The van der Waals surface area contributed by atoms with Gasteiger partial charge in [-0.3, -0.25) is 0 Å². The highest BCUT2D eigenvalue weighted by atomic mass is 16.5. The first-order valence-electron chi connectivity index (χ1n) is 4.71. The van der Waals surface area contributed by atoms with Crippen molar-refractivity contribution < 1.29 is 9.53 Å². The first-order chi connectivity index (χ1) is 7.24. The Morgan fingerprint density at radius 2 is 2.07 bits per heavy atom. The highest BCUT2D eigenvalue weighted by Gasteiger charge is 2.00. The van der Waals surface area contributed by atoms with Gasteiger partial charge in [0.2, 0.25) is 0 Å².